The number of para-hydroxylation sites is 1. The van der Waals surface area contributed by atoms with Gasteiger partial charge in [-0.05, 0) is 43.2 Å². The molecule has 0 saturated heterocycles. The Morgan fingerprint density at radius 1 is 1.08 bits per heavy atom. The zero-order valence-corrected chi connectivity index (χ0v) is 13.4. The average molecular weight is 325 g/mol. The van der Waals surface area contributed by atoms with Crippen LogP contribution in [0.5, 0.6) is 5.75 Å². The molecule has 1 aliphatic carbocycles. The molecule has 0 atom stereocenters. The lowest BCUT2D eigenvalue weighted by Gasteiger charge is -2.19. The highest BCUT2D eigenvalue weighted by Gasteiger charge is 2.46. The van der Waals surface area contributed by atoms with Crippen molar-refractivity contribution in [1.82, 2.24) is 5.32 Å². The lowest BCUT2D eigenvalue weighted by Crippen LogP contribution is -2.32. The fourth-order valence-electron chi connectivity index (χ4n) is 2.89. The van der Waals surface area contributed by atoms with Crippen LogP contribution in [-0.4, -0.2) is 30.6 Å². The fourth-order valence-corrected chi connectivity index (χ4v) is 2.89. The molecule has 0 bridgehead atoms. The summed E-state index contributed by atoms with van der Waals surface area (Å²) in [6.45, 7) is 0.535. The second kappa shape index (κ2) is 6.35. The number of aromatic carboxylic acids is 1. The van der Waals surface area contributed by atoms with Gasteiger partial charge in [-0.25, -0.2) is 4.79 Å². The van der Waals surface area contributed by atoms with E-state index in [-0.39, 0.29) is 16.9 Å². The van der Waals surface area contributed by atoms with E-state index in [0.717, 1.165) is 24.2 Å². The van der Waals surface area contributed by atoms with Crippen molar-refractivity contribution >= 4 is 11.9 Å². The lowest BCUT2D eigenvalue weighted by molar-refractivity contribution is 0.0696. The van der Waals surface area contributed by atoms with Crippen LogP contribution in [0, 0.1) is 0 Å². The van der Waals surface area contributed by atoms with E-state index in [0.29, 0.717) is 12.1 Å². The van der Waals surface area contributed by atoms with Crippen molar-refractivity contribution in [3.8, 4) is 5.75 Å². The van der Waals surface area contributed by atoms with Crippen LogP contribution in [0.3, 0.4) is 0 Å². The lowest BCUT2D eigenvalue weighted by atomic mass is 9.94. The monoisotopic (exact) mass is 325 g/mol. The molecule has 124 valence electrons. The first-order chi connectivity index (χ1) is 11.6. The predicted molar refractivity (Wildman–Crippen MR) is 89.6 cm³/mol. The quantitative estimate of drug-likeness (QED) is 0.856. The highest BCUT2D eigenvalue weighted by atomic mass is 16.5. The fraction of sp³-hybridized carbons (Fsp3) is 0.263. The Morgan fingerprint density at radius 3 is 2.29 bits per heavy atom. The Hall–Kier alpha value is -2.82. The van der Waals surface area contributed by atoms with E-state index < -0.39 is 5.97 Å². The molecule has 1 aliphatic rings. The van der Waals surface area contributed by atoms with Gasteiger partial charge in [0.1, 0.15) is 5.75 Å². The molecule has 0 aromatic heterocycles. The third kappa shape index (κ3) is 3.11. The Kier molecular flexibility index (Phi) is 4.25. The Morgan fingerprint density at radius 2 is 1.71 bits per heavy atom. The summed E-state index contributed by atoms with van der Waals surface area (Å²) in [7, 11) is 1.65. The average Bonchev–Trinajstić information content (AvgIpc) is 3.41. The Labute approximate surface area is 140 Å². The molecular formula is C19H19NO4. The van der Waals surface area contributed by atoms with E-state index >= 15 is 0 Å². The summed E-state index contributed by atoms with van der Waals surface area (Å²) < 4.78 is 5.43. The second-order valence-electron chi connectivity index (χ2n) is 6.05. The van der Waals surface area contributed by atoms with Crippen molar-refractivity contribution in [2.45, 2.75) is 18.3 Å². The molecule has 1 amide bonds. The standard InChI is InChI=1S/C19H19NO4/c1-24-16-5-3-2-4-15(16)19(10-11-19)12-20-17(21)13-6-8-14(9-7-13)18(22)23/h2-9H,10-12H2,1H3,(H,20,21)(H,22,23). The smallest absolute Gasteiger partial charge is 0.335 e. The molecule has 1 saturated carbocycles. The third-order valence-electron chi connectivity index (χ3n) is 4.51. The summed E-state index contributed by atoms with van der Waals surface area (Å²) in [5, 5.41) is 11.9. The summed E-state index contributed by atoms with van der Waals surface area (Å²) >= 11 is 0. The van der Waals surface area contributed by atoms with Gasteiger partial charge in [-0.2, -0.15) is 0 Å². The highest BCUT2D eigenvalue weighted by Crippen LogP contribution is 2.50. The van der Waals surface area contributed by atoms with E-state index in [4.69, 9.17) is 9.84 Å². The SMILES string of the molecule is COc1ccccc1C1(CNC(=O)c2ccc(C(=O)O)cc2)CC1. The first-order valence-corrected chi connectivity index (χ1v) is 7.81. The Balaban J connectivity index is 1.69. The number of methoxy groups -OCH3 is 1. The molecule has 0 radical (unpaired) electrons. The number of hydrogen-bond donors (Lipinski definition) is 2. The van der Waals surface area contributed by atoms with E-state index in [1.807, 2.05) is 24.3 Å². The Bertz CT molecular complexity index is 763. The molecule has 5 heteroatoms. The molecule has 0 unspecified atom stereocenters. The van der Waals surface area contributed by atoms with Crippen LogP contribution < -0.4 is 10.1 Å². The second-order valence-corrected chi connectivity index (χ2v) is 6.05. The molecule has 5 nitrogen and oxygen atoms in total. The van der Waals surface area contributed by atoms with Gasteiger partial charge in [0.25, 0.3) is 5.91 Å². The number of nitrogens with one attached hydrogen (secondary N) is 1. The minimum Gasteiger partial charge on any atom is -0.496 e. The molecule has 24 heavy (non-hydrogen) atoms. The van der Waals surface area contributed by atoms with Gasteiger partial charge in [0.2, 0.25) is 0 Å². The van der Waals surface area contributed by atoms with Crippen molar-refractivity contribution in [3.05, 3.63) is 65.2 Å². The van der Waals surface area contributed by atoms with Gasteiger partial charge < -0.3 is 15.2 Å². The summed E-state index contributed by atoms with van der Waals surface area (Å²) in [6.07, 6.45) is 2.01. The zero-order chi connectivity index (χ0) is 17.2. The molecule has 2 N–H and O–H groups in total. The van der Waals surface area contributed by atoms with Gasteiger partial charge in [-0.3, -0.25) is 4.79 Å². The molecule has 0 spiro atoms. The largest absolute Gasteiger partial charge is 0.496 e. The van der Waals surface area contributed by atoms with Crippen LogP contribution in [0.4, 0.5) is 0 Å². The number of carboxylic acid groups (broad SMARTS) is 1. The van der Waals surface area contributed by atoms with Crippen molar-refractivity contribution in [2.24, 2.45) is 0 Å². The number of rotatable bonds is 6. The third-order valence-corrected chi connectivity index (χ3v) is 4.51. The van der Waals surface area contributed by atoms with Gasteiger partial charge in [0.05, 0.1) is 12.7 Å². The zero-order valence-electron chi connectivity index (χ0n) is 13.4. The normalized spacial score (nSPS) is 14.7. The van der Waals surface area contributed by atoms with E-state index in [2.05, 4.69) is 5.32 Å². The summed E-state index contributed by atoms with van der Waals surface area (Å²) in [4.78, 5) is 23.1. The molecule has 2 aromatic rings. The minimum atomic E-state index is -1.00. The number of ether oxygens (including phenoxy) is 1. The van der Waals surface area contributed by atoms with Crippen LogP contribution in [0.1, 0.15) is 39.1 Å². The number of amides is 1. The van der Waals surface area contributed by atoms with Crippen LogP contribution in [-0.2, 0) is 5.41 Å². The van der Waals surface area contributed by atoms with E-state index in [1.54, 1.807) is 7.11 Å². The minimum absolute atomic E-state index is 0.0662. The summed E-state index contributed by atoms with van der Waals surface area (Å²) in [5.74, 6) is -0.363. The van der Waals surface area contributed by atoms with Crippen LogP contribution in [0.25, 0.3) is 0 Å². The van der Waals surface area contributed by atoms with Gasteiger partial charge in [0, 0.05) is 23.1 Å². The first-order valence-electron chi connectivity index (χ1n) is 7.81. The van der Waals surface area contributed by atoms with Gasteiger partial charge in [0.15, 0.2) is 0 Å². The summed E-state index contributed by atoms with van der Waals surface area (Å²) in [5.41, 5.74) is 1.67. The first kappa shape index (κ1) is 16.1. The van der Waals surface area contributed by atoms with Crippen molar-refractivity contribution in [1.29, 1.82) is 0 Å². The van der Waals surface area contributed by atoms with Crippen LogP contribution >= 0.6 is 0 Å². The molecular weight excluding hydrogens is 306 g/mol. The predicted octanol–water partition coefficient (Wildman–Crippen LogP) is 2.86. The number of carbonyl (C=O) groups is 2. The maximum atomic E-state index is 12.3. The van der Waals surface area contributed by atoms with Crippen molar-refractivity contribution < 1.29 is 19.4 Å². The highest BCUT2D eigenvalue weighted by molar-refractivity contribution is 5.95. The molecule has 1 fully saturated rings. The molecule has 2 aromatic carbocycles. The number of carboxylic acids is 1. The molecule has 0 heterocycles. The maximum absolute atomic E-state index is 12.3. The molecule has 0 aliphatic heterocycles. The number of benzene rings is 2. The van der Waals surface area contributed by atoms with E-state index in [9.17, 15) is 9.59 Å². The van der Waals surface area contributed by atoms with Gasteiger partial charge in [-0.1, -0.05) is 18.2 Å². The molecule has 3 rings (SSSR count). The summed E-state index contributed by atoms with van der Waals surface area (Å²) in [6, 6.07) is 13.8. The van der Waals surface area contributed by atoms with Crippen LogP contribution in [0.15, 0.2) is 48.5 Å². The topological polar surface area (TPSA) is 75.6 Å². The number of carbonyl (C=O) groups excluding carboxylic acids is 1. The van der Waals surface area contributed by atoms with Gasteiger partial charge >= 0.3 is 5.97 Å². The van der Waals surface area contributed by atoms with Crippen LogP contribution in [0.2, 0.25) is 0 Å². The van der Waals surface area contributed by atoms with Gasteiger partial charge in [-0.15, -0.1) is 0 Å². The van der Waals surface area contributed by atoms with Crippen molar-refractivity contribution in [2.75, 3.05) is 13.7 Å². The number of hydrogen-bond acceptors (Lipinski definition) is 3. The van der Waals surface area contributed by atoms with Crippen molar-refractivity contribution in [3.63, 3.8) is 0 Å². The maximum Gasteiger partial charge on any atom is 0.335 e. The van der Waals surface area contributed by atoms with E-state index in [1.165, 1.54) is 24.3 Å².